The molecule has 1 aromatic rings. The molecule has 8 heteroatoms. The number of hydrogen-bond donors (Lipinski definition) is 1. The number of sulfonamides is 1. The van der Waals surface area contributed by atoms with Gasteiger partial charge < -0.3 is 5.32 Å². The summed E-state index contributed by atoms with van der Waals surface area (Å²) in [7, 11) is -3.61. The van der Waals surface area contributed by atoms with Gasteiger partial charge in [0.05, 0.1) is 23.1 Å². The molecule has 0 aliphatic carbocycles. The molecule has 1 aromatic carbocycles. The van der Waals surface area contributed by atoms with E-state index in [2.05, 4.69) is 5.32 Å². The summed E-state index contributed by atoms with van der Waals surface area (Å²) in [6, 6.07) is 8.13. The Balaban J connectivity index is 1.95. The average Bonchev–Trinajstić information content (AvgIpc) is 2.62. The third-order valence-corrected chi connectivity index (χ3v) is 6.21. The highest BCUT2D eigenvalue weighted by molar-refractivity contribution is 7.89. The van der Waals surface area contributed by atoms with Gasteiger partial charge in [-0.3, -0.25) is 9.69 Å². The summed E-state index contributed by atoms with van der Waals surface area (Å²) in [4.78, 5) is 14.0. The van der Waals surface area contributed by atoms with Gasteiger partial charge in [0.25, 0.3) is 0 Å². The number of carbonyl (C=O) groups excluding carboxylic acids is 1. The van der Waals surface area contributed by atoms with Crippen molar-refractivity contribution in [2.45, 2.75) is 31.2 Å². The molecular formula is C17H24N4O3S. The lowest BCUT2D eigenvalue weighted by molar-refractivity contribution is -0.123. The summed E-state index contributed by atoms with van der Waals surface area (Å²) >= 11 is 0. The van der Waals surface area contributed by atoms with Crippen LogP contribution >= 0.6 is 0 Å². The number of nitrogens with zero attached hydrogens (tertiary/aromatic N) is 3. The fourth-order valence-corrected chi connectivity index (χ4v) is 4.10. The Morgan fingerprint density at radius 3 is 2.60 bits per heavy atom. The summed E-state index contributed by atoms with van der Waals surface area (Å²) < 4.78 is 26.8. The van der Waals surface area contributed by atoms with Crippen LogP contribution in [0.15, 0.2) is 29.2 Å². The third-order valence-electron chi connectivity index (χ3n) is 4.32. The summed E-state index contributed by atoms with van der Waals surface area (Å²) in [6.07, 6.45) is 0.875. The fraction of sp³-hybridized carbons (Fsp3) is 0.529. The molecule has 1 unspecified atom stereocenters. The number of rotatable bonds is 6. The molecule has 25 heavy (non-hydrogen) atoms. The van der Waals surface area contributed by atoms with E-state index in [1.807, 2.05) is 24.8 Å². The molecule has 7 nitrogen and oxygen atoms in total. The number of piperazine rings is 1. The first kappa shape index (κ1) is 19.4. The third kappa shape index (κ3) is 5.01. The summed E-state index contributed by atoms with van der Waals surface area (Å²) in [5.74, 6) is -0.0348. The summed E-state index contributed by atoms with van der Waals surface area (Å²) in [6.45, 7) is 5.91. The molecule has 2 rings (SSSR count). The second-order valence-corrected chi connectivity index (χ2v) is 8.13. The molecule has 0 saturated carbocycles. The first-order chi connectivity index (χ1) is 11.9. The number of benzene rings is 1. The number of hydrogen-bond acceptors (Lipinski definition) is 5. The maximum Gasteiger partial charge on any atom is 0.243 e. The van der Waals surface area contributed by atoms with E-state index in [1.54, 1.807) is 12.1 Å². The van der Waals surface area contributed by atoms with Gasteiger partial charge in [-0.2, -0.15) is 9.57 Å². The monoisotopic (exact) mass is 364 g/mol. The molecule has 0 bridgehead atoms. The maximum atomic E-state index is 12.7. The second-order valence-electron chi connectivity index (χ2n) is 6.20. The Hall–Kier alpha value is -1.95. The van der Waals surface area contributed by atoms with Crippen LogP contribution in [0.1, 0.15) is 25.8 Å². The van der Waals surface area contributed by atoms with Crippen LogP contribution in [0.2, 0.25) is 0 Å². The van der Waals surface area contributed by atoms with Crippen LogP contribution in [-0.4, -0.2) is 62.3 Å². The predicted molar refractivity (Wildman–Crippen MR) is 94.3 cm³/mol. The van der Waals surface area contributed by atoms with E-state index in [0.29, 0.717) is 31.7 Å². The Kier molecular flexibility index (Phi) is 6.53. The molecule has 1 saturated heterocycles. The Bertz CT molecular complexity index is 749. The highest BCUT2D eigenvalue weighted by atomic mass is 32.2. The highest BCUT2D eigenvalue weighted by Crippen LogP contribution is 2.18. The lowest BCUT2D eigenvalue weighted by Crippen LogP contribution is -2.51. The largest absolute Gasteiger partial charge is 0.353 e. The van der Waals surface area contributed by atoms with Crippen molar-refractivity contribution in [3.8, 4) is 6.07 Å². The smallest absolute Gasteiger partial charge is 0.243 e. The van der Waals surface area contributed by atoms with Crippen molar-refractivity contribution in [1.29, 1.82) is 5.26 Å². The topological polar surface area (TPSA) is 93.5 Å². The van der Waals surface area contributed by atoms with Crippen molar-refractivity contribution in [3.05, 3.63) is 29.8 Å². The summed E-state index contributed by atoms with van der Waals surface area (Å²) in [5, 5.41) is 11.8. The molecule has 0 radical (unpaired) electrons. The standard InChI is InChI=1S/C17H24N4O3S/c1-3-14(2)19-17(22)13-20-7-9-21(10-8-20)25(23,24)16-6-4-5-15(11-16)12-18/h4-6,11,14H,3,7-10,13H2,1-2H3,(H,19,22). The van der Waals surface area contributed by atoms with E-state index in [4.69, 9.17) is 5.26 Å². The quantitative estimate of drug-likeness (QED) is 0.805. The van der Waals surface area contributed by atoms with Crippen LogP contribution in [0, 0.1) is 11.3 Å². The van der Waals surface area contributed by atoms with Crippen molar-refractivity contribution in [3.63, 3.8) is 0 Å². The van der Waals surface area contributed by atoms with Crippen molar-refractivity contribution >= 4 is 15.9 Å². The van der Waals surface area contributed by atoms with Gasteiger partial charge in [-0.1, -0.05) is 13.0 Å². The first-order valence-corrected chi connectivity index (χ1v) is 9.83. The lowest BCUT2D eigenvalue weighted by atomic mass is 10.2. The second kappa shape index (κ2) is 8.43. The van der Waals surface area contributed by atoms with Crippen molar-refractivity contribution in [2.75, 3.05) is 32.7 Å². The van der Waals surface area contributed by atoms with Gasteiger partial charge >= 0.3 is 0 Å². The van der Waals surface area contributed by atoms with Gasteiger partial charge in [0.1, 0.15) is 0 Å². The molecular weight excluding hydrogens is 340 g/mol. The van der Waals surface area contributed by atoms with Gasteiger partial charge in [-0.15, -0.1) is 0 Å². The van der Waals surface area contributed by atoms with Gasteiger partial charge in [0.2, 0.25) is 15.9 Å². The van der Waals surface area contributed by atoms with Gasteiger partial charge in [-0.25, -0.2) is 8.42 Å². The first-order valence-electron chi connectivity index (χ1n) is 8.39. The van der Waals surface area contributed by atoms with Gasteiger partial charge in [-0.05, 0) is 31.5 Å². The number of amides is 1. The minimum Gasteiger partial charge on any atom is -0.353 e. The minimum absolute atomic E-state index is 0.0348. The van der Waals surface area contributed by atoms with Crippen molar-refractivity contribution in [1.82, 2.24) is 14.5 Å². The van der Waals surface area contributed by atoms with Crippen LogP contribution in [0.5, 0.6) is 0 Å². The zero-order valence-corrected chi connectivity index (χ0v) is 15.4. The van der Waals surface area contributed by atoms with Gasteiger partial charge in [0.15, 0.2) is 0 Å². The normalized spacial score (nSPS) is 17.6. The molecule has 1 aliphatic heterocycles. The minimum atomic E-state index is -3.61. The molecule has 0 spiro atoms. The van der Waals surface area contributed by atoms with Crippen molar-refractivity contribution in [2.24, 2.45) is 0 Å². The lowest BCUT2D eigenvalue weighted by Gasteiger charge is -2.33. The van der Waals surface area contributed by atoms with Crippen LogP contribution in [0.25, 0.3) is 0 Å². The van der Waals surface area contributed by atoms with Crippen LogP contribution in [0.3, 0.4) is 0 Å². The SMILES string of the molecule is CCC(C)NC(=O)CN1CCN(S(=O)(=O)c2cccc(C#N)c2)CC1. The molecule has 0 aromatic heterocycles. The van der Waals surface area contributed by atoms with E-state index in [1.165, 1.54) is 16.4 Å². The Labute approximate surface area is 149 Å². The molecule has 1 fully saturated rings. The summed E-state index contributed by atoms with van der Waals surface area (Å²) in [5.41, 5.74) is 0.321. The zero-order chi connectivity index (χ0) is 18.4. The zero-order valence-electron chi connectivity index (χ0n) is 14.6. The Morgan fingerprint density at radius 1 is 1.32 bits per heavy atom. The van der Waals surface area contributed by atoms with E-state index in [9.17, 15) is 13.2 Å². The fourth-order valence-electron chi connectivity index (χ4n) is 2.63. The van der Waals surface area contributed by atoms with E-state index >= 15 is 0 Å². The molecule has 1 N–H and O–H groups in total. The number of nitrogens with one attached hydrogen (secondary N) is 1. The van der Waals surface area contributed by atoms with Crippen LogP contribution in [0.4, 0.5) is 0 Å². The predicted octanol–water partition coefficient (Wildman–Crippen LogP) is 0.779. The van der Waals surface area contributed by atoms with E-state index in [-0.39, 0.29) is 23.4 Å². The average molecular weight is 364 g/mol. The van der Waals surface area contributed by atoms with E-state index in [0.717, 1.165) is 6.42 Å². The van der Waals surface area contributed by atoms with E-state index < -0.39 is 10.0 Å². The molecule has 1 amide bonds. The molecule has 1 aliphatic rings. The number of nitriles is 1. The van der Waals surface area contributed by atoms with Crippen LogP contribution in [-0.2, 0) is 14.8 Å². The number of carbonyl (C=O) groups is 1. The molecule has 1 atom stereocenters. The molecule has 136 valence electrons. The van der Waals surface area contributed by atoms with Crippen molar-refractivity contribution < 1.29 is 13.2 Å². The van der Waals surface area contributed by atoms with Crippen LogP contribution < -0.4 is 5.32 Å². The van der Waals surface area contributed by atoms with Gasteiger partial charge in [0, 0.05) is 32.2 Å². The Morgan fingerprint density at radius 2 is 2.00 bits per heavy atom. The molecule has 1 heterocycles. The maximum absolute atomic E-state index is 12.7. The highest BCUT2D eigenvalue weighted by Gasteiger charge is 2.29.